The summed E-state index contributed by atoms with van der Waals surface area (Å²) in [4.78, 5) is 11.9. The molecule has 84 valence electrons. The molecule has 1 aliphatic heterocycles. The number of hydrogen-bond acceptors (Lipinski definition) is 5. The van der Waals surface area contributed by atoms with Gasteiger partial charge in [0.1, 0.15) is 10.6 Å². The summed E-state index contributed by atoms with van der Waals surface area (Å²) in [5, 5.41) is 3.52. The van der Waals surface area contributed by atoms with Crippen LogP contribution in [0.25, 0.3) is 10.2 Å². The van der Waals surface area contributed by atoms with Crippen LogP contribution in [0.5, 0.6) is 0 Å². The van der Waals surface area contributed by atoms with Crippen LogP contribution in [-0.2, 0) is 0 Å². The molecule has 1 aliphatic rings. The Kier molecular flexibility index (Phi) is 2.91. The van der Waals surface area contributed by atoms with E-state index >= 15 is 0 Å². The quantitative estimate of drug-likeness (QED) is 0.746. The maximum atomic E-state index is 5.95. The van der Waals surface area contributed by atoms with Gasteiger partial charge in [-0.15, -0.1) is 11.3 Å². The normalized spacial score (nSPS) is 16.9. The van der Waals surface area contributed by atoms with Gasteiger partial charge in [-0.05, 0) is 23.0 Å². The Morgan fingerprint density at radius 1 is 1.25 bits per heavy atom. The van der Waals surface area contributed by atoms with Crippen molar-refractivity contribution in [2.75, 3.05) is 29.5 Å². The maximum absolute atomic E-state index is 5.95. The summed E-state index contributed by atoms with van der Waals surface area (Å²) in [7, 11) is 0. The second-order valence-electron chi connectivity index (χ2n) is 3.56. The van der Waals surface area contributed by atoms with E-state index in [1.807, 2.05) is 17.1 Å². The lowest BCUT2D eigenvalue weighted by Gasteiger charge is -2.27. The van der Waals surface area contributed by atoms with Crippen molar-refractivity contribution in [3.05, 3.63) is 16.7 Å². The lowest BCUT2D eigenvalue weighted by atomic mass is 10.3. The van der Waals surface area contributed by atoms with E-state index in [-0.39, 0.29) is 0 Å². The molecule has 2 aromatic rings. The summed E-state index contributed by atoms with van der Waals surface area (Å²) < 4.78 is 0. The number of halogens is 1. The van der Waals surface area contributed by atoms with Gasteiger partial charge in [0.25, 0.3) is 0 Å². The number of thiophene rings is 1. The molecule has 16 heavy (non-hydrogen) atoms. The highest BCUT2D eigenvalue weighted by Gasteiger charge is 2.17. The van der Waals surface area contributed by atoms with Crippen molar-refractivity contribution in [2.24, 2.45) is 0 Å². The fourth-order valence-electron chi connectivity index (χ4n) is 1.83. The number of fused-ring (bicyclic) bond motifs is 1. The van der Waals surface area contributed by atoms with Crippen LogP contribution in [0.1, 0.15) is 0 Å². The van der Waals surface area contributed by atoms with E-state index in [1.54, 1.807) is 11.3 Å². The molecule has 6 heteroatoms. The van der Waals surface area contributed by atoms with Crippen LogP contribution in [0.4, 0.5) is 5.82 Å². The SMILES string of the molecule is Clc1nc(N2CCSCC2)c2ccsc2n1. The summed E-state index contributed by atoms with van der Waals surface area (Å²) in [6.45, 7) is 2.09. The summed E-state index contributed by atoms with van der Waals surface area (Å²) in [5.74, 6) is 3.32. The van der Waals surface area contributed by atoms with Gasteiger partial charge in [0.05, 0.1) is 5.39 Å². The van der Waals surface area contributed by atoms with Gasteiger partial charge in [-0.2, -0.15) is 16.7 Å². The average molecular weight is 272 g/mol. The molecule has 0 N–H and O–H groups in total. The van der Waals surface area contributed by atoms with E-state index in [4.69, 9.17) is 11.6 Å². The van der Waals surface area contributed by atoms with Gasteiger partial charge >= 0.3 is 0 Å². The molecule has 3 heterocycles. The molecule has 0 radical (unpaired) electrons. The molecular weight excluding hydrogens is 262 g/mol. The average Bonchev–Trinajstić information content (AvgIpc) is 2.77. The monoisotopic (exact) mass is 271 g/mol. The minimum atomic E-state index is 0.350. The standard InChI is InChI=1S/C10H10ClN3S2/c11-10-12-8(14-2-5-15-6-3-14)7-1-4-16-9(7)13-10/h1,4H,2-3,5-6H2. The van der Waals surface area contributed by atoms with Crippen LogP contribution in [0.3, 0.4) is 0 Å². The third kappa shape index (κ3) is 1.87. The number of nitrogens with zero attached hydrogens (tertiary/aromatic N) is 3. The summed E-state index contributed by atoms with van der Waals surface area (Å²) in [6, 6.07) is 2.08. The Hall–Kier alpha value is -0.520. The van der Waals surface area contributed by atoms with Crippen molar-refractivity contribution in [1.29, 1.82) is 0 Å². The molecule has 0 unspecified atom stereocenters. The Morgan fingerprint density at radius 3 is 2.88 bits per heavy atom. The fraction of sp³-hybridized carbons (Fsp3) is 0.400. The summed E-state index contributed by atoms with van der Waals surface area (Å²) in [5.41, 5.74) is 0. The second kappa shape index (κ2) is 4.39. The predicted molar refractivity (Wildman–Crippen MR) is 72.0 cm³/mol. The Labute approximate surface area is 107 Å². The largest absolute Gasteiger partial charge is 0.354 e. The number of hydrogen-bond donors (Lipinski definition) is 0. The van der Waals surface area contributed by atoms with Crippen molar-refractivity contribution in [1.82, 2.24) is 9.97 Å². The third-order valence-corrected chi connectivity index (χ3v) is 4.51. The Morgan fingerprint density at radius 2 is 2.06 bits per heavy atom. The van der Waals surface area contributed by atoms with Crippen LogP contribution < -0.4 is 4.90 Å². The first kappa shape index (κ1) is 10.6. The second-order valence-corrected chi connectivity index (χ2v) is 6.01. The van der Waals surface area contributed by atoms with Gasteiger partial charge in [0, 0.05) is 24.6 Å². The topological polar surface area (TPSA) is 29.0 Å². The van der Waals surface area contributed by atoms with Gasteiger partial charge in [-0.1, -0.05) is 0 Å². The molecule has 0 atom stereocenters. The first-order valence-electron chi connectivity index (χ1n) is 5.08. The van der Waals surface area contributed by atoms with E-state index in [9.17, 15) is 0 Å². The number of aromatic nitrogens is 2. The lowest BCUT2D eigenvalue weighted by molar-refractivity contribution is 0.842. The van der Waals surface area contributed by atoms with E-state index in [0.29, 0.717) is 5.28 Å². The highest BCUT2D eigenvalue weighted by atomic mass is 35.5. The highest BCUT2D eigenvalue weighted by molar-refractivity contribution is 7.99. The zero-order valence-electron chi connectivity index (χ0n) is 8.52. The zero-order chi connectivity index (χ0) is 11.0. The van der Waals surface area contributed by atoms with Crippen molar-refractivity contribution < 1.29 is 0 Å². The van der Waals surface area contributed by atoms with Gasteiger partial charge in [0.2, 0.25) is 5.28 Å². The minimum absolute atomic E-state index is 0.350. The molecule has 3 rings (SSSR count). The molecule has 3 nitrogen and oxygen atoms in total. The smallest absolute Gasteiger partial charge is 0.225 e. The molecule has 0 bridgehead atoms. The maximum Gasteiger partial charge on any atom is 0.225 e. The zero-order valence-corrected chi connectivity index (χ0v) is 10.9. The Balaban J connectivity index is 2.09. The van der Waals surface area contributed by atoms with Gasteiger partial charge in [-0.3, -0.25) is 0 Å². The van der Waals surface area contributed by atoms with E-state index in [2.05, 4.69) is 20.9 Å². The van der Waals surface area contributed by atoms with Crippen LogP contribution in [0, 0.1) is 0 Å². The summed E-state index contributed by atoms with van der Waals surface area (Å²) >= 11 is 9.55. The highest BCUT2D eigenvalue weighted by Crippen LogP contribution is 2.30. The van der Waals surface area contributed by atoms with Crippen molar-refractivity contribution in [2.45, 2.75) is 0 Å². The van der Waals surface area contributed by atoms with Gasteiger partial charge < -0.3 is 4.90 Å². The molecule has 0 aliphatic carbocycles. The molecule has 0 saturated carbocycles. The minimum Gasteiger partial charge on any atom is -0.354 e. The fourth-order valence-corrected chi connectivity index (χ4v) is 3.71. The third-order valence-electron chi connectivity index (χ3n) is 2.59. The summed E-state index contributed by atoms with van der Waals surface area (Å²) in [6.07, 6.45) is 0. The number of anilines is 1. The number of rotatable bonds is 1. The van der Waals surface area contributed by atoms with Crippen molar-refractivity contribution in [3.8, 4) is 0 Å². The molecule has 1 fully saturated rings. The first-order valence-corrected chi connectivity index (χ1v) is 7.49. The van der Waals surface area contributed by atoms with Crippen LogP contribution in [0.15, 0.2) is 11.4 Å². The molecule has 0 amide bonds. The van der Waals surface area contributed by atoms with Crippen LogP contribution in [-0.4, -0.2) is 34.6 Å². The van der Waals surface area contributed by atoms with Crippen molar-refractivity contribution in [3.63, 3.8) is 0 Å². The van der Waals surface area contributed by atoms with E-state index in [1.165, 1.54) is 0 Å². The number of thioether (sulfide) groups is 1. The molecule has 0 aromatic carbocycles. The van der Waals surface area contributed by atoms with E-state index < -0.39 is 0 Å². The van der Waals surface area contributed by atoms with Crippen LogP contribution >= 0.6 is 34.7 Å². The molecule has 0 spiro atoms. The van der Waals surface area contributed by atoms with Gasteiger partial charge in [0.15, 0.2) is 0 Å². The lowest BCUT2D eigenvalue weighted by Crippen LogP contribution is -2.33. The Bertz CT molecular complexity index is 508. The molecule has 2 aromatic heterocycles. The molecule has 1 saturated heterocycles. The molecular formula is C10H10ClN3S2. The van der Waals surface area contributed by atoms with E-state index in [0.717, 1.165) is 40.6 Å². The van der Waals surface area contributed by atoms with Crippen LogP contribution in [0.2, 0.25) is 5.28 Å². The van der Waals surface area contributed by atoms with Crippen molar-refractivity contribution >= 4 is 50.7 Å². The first-order chi connectivity index (χ1) is 7.84. The predicted octanol–water partition coefficient (Wildman–Crippen LogP) is 2.90. The van der Waals surface area contributed by atoms with Gasteiger partial charge in [-0.25, -0.2) is 4.98 Å².